The summed E-state index contributed by atoms with van der Waals surface area (Å²) in [5.41, 5.74) is 2.93. The van der Waals surface area contributed by atoms with Crippen LogP contribution in [0.1, 0.15) is 5.56 Å². The van der Waals surface area contributed by atoms with Crippen molar-refractivity contribution < 1.29 is 14.3 Å². The number of halogens is 1. The molecule has 0 aliphatic rings. The van der Waals surface area contributed by atoms with Gasteiger partial charge in [-0.2, -0.15) is 5.10 Å². The Morgan fingerprint density at radius 2 is 1.76 bits per heavy atom. The molecule has 0 saturated heterocycles. The highest BCUT2D eigenvalue weighted by Gasteiger charge is 2.21. The summed E-state index contributed by atoms with van der Waals surface area (Å²) in [6.07, 6.45) is 0.0452. The fourth-order valence-electron chi connectivity index (χ4n) is 2.52. The SMILES string of the molecule is COC(=O)Cc1c(-c2ccc(OC)cc2)nn(-c2ccccc2)c1Cl. The van der Waals surface area contributed by atoms with Crippen molar-refractivity contribution in [3.05, 3.63) is 65.3 Å². The summed E-state index contributed by atoms with van der Waals surface area (Å²) < 4.78 is 11.6. The van der Waals surface area contributed by atoms with Crippen molar-refractivity contribution in [3.63, 3.8) is 0 Å². The molecule has 0 aliphatic carbocycles. The summed E-state index contributed by atoms with van der Waals surface area (Å²) in [6.45, 7) is 0. The van der Waals surface area contributed by atoms with E-state index in [1.165, 1.54) is 7.11 Å². The monoisotopic (exact) mass is 356 g/mol. The van der Waals surface area contributed by atoms with E-state index in [4.69, 9.17) is 21.1 Å². The van der Waals surface area contributed by atoms with Crippen molar-refractivity contribution in [1.29, 1.82) is 0 Å². The van der Waals surface area contributed by atoms with Gasteiger partial charge in [0, 0.05) is 11.1 Å². The molecule has 3 aromatic rings. The van der Waals surface area contributed by atoms with Gasteiger partial charge in [-0.1, -0.05) is 29.8 Å². The number of ether oxygens (including phenoxy) is 2. The first-order valence-corrected chi connectivity index (χ1v) is 8.06. The van der Waals surface area contributed by atoms with Gasteiger partial charge in [0.2, 0.25) is 0 Å². The van der Waals surface area contributed by atoms with Crippen molar-refractivity contribution in [2.24, 2.45) is 0 Å². The molecule has 0 aliphatic heterocycles. The number of para-hydroxylation sites is 1. The molecular weight excluding hydrogens is 340 g/mol. The largest absolute Gasteiger partial charge is 0.497 e. The Labute approximate surface area is 150 Å². The zero-order valence-electron chi connectivity index (χ0n) is 13.9. The Morgan fingerprint density at radius 3 is 2.36 bits per heavy atom. The number of benzene rings is 2. The second-order valence-electron chi connectivity index (χ2n) is 5.35. The van der Waals surface area contributed by atoms with Crippen LogP contribution in [0.15, 0.2) is 54.6 Å². The second-order valence-corrected chi connectivity index (χ2v) is 5.70. The molecule has 3 rings (SSSR count). The van der Waals surface area contributed by atoms with Crippen LogP contribution in [0.5, 0.6) is 5.75 Å². The zero-order valence-corrected chi connectivity index (χ0v) is 14.7. The summed E-state index contributed by atoms with van der Waals surface area (Å²) in [5.74, 6) is 0.371. The Balaban J connectivity index is 2.13. The lowest BCUT2D eigenvalue weighted by molar-refractivity contribution is -0.139. The summed E-state index contributed by atoms with van der Waals surface area (Å²) >= 11 is 6.54. The lowest BCUT2D eigenvalue weighted by Crippen LogP contribution is -2.05. The molecule has 0 spiro atoms. The number of hydrogen-bond donors (Lipinski definition) is 0. The zero-order chi connectivity index (χ0) is 17.8. The van der Waals surface area contributed by atoms with Crippen LogP contribution in [0.4, 0.5) is 0 Å². The van der Waals surface area contributed by atoms with E-state index in [9.17, 15) is 4.79 Å². The maximum Gasteiger partial charge on any atom is 0.310 e. The molecule has 0 atom stereocenters. The average Bonchev–Trinajstić information content (AvgIpc) is 2.99. The number of rotatable bonds is 5. The first kappa shape index (κ1) is 17.0. The highest BCUT2D eigenvalue weighted by atomic mass is 35.5. The minimum atomic E-state index is -0.371. The maximum atomic E-state index is 11.8. The van der Waals surface area contributed by atoms with E-state index in [0.717, 1.165) is 17.0 Å². The Kier molecular flexibility index (Phi) is 5.05. The summed E-state index contributed by atoms with van der Waals surface area (Å²) in [7, 11) is 2.96. The van der Waals surface area contributed by atoms with Gasteiger partial charge in [0.25, 0.3) is 0 Å². The molecule has 5 nitrogen and oxygen atoms in total. The minimum absolute atomic E-state index is 0.0452. The predicted octanol–water partition coefficient (Wildman–Crippen LogP) is 3.92. The van der Waals surface area contributed by atoms with Crippen LogP contribution in [0.2, 0.25) is 5.15 Å². The Hall–Kier alpha value is -2.79. The molecule has 25 heavy (non-hydrogen) atoms. The molecule has 0 saturated carbocycles. The molecule has 0 radical (unpaired) electrons. The van der Waals surface area contributed by atoms with Gasteiger partial charge in [0.1, 0.15) is 10.9 Å². The normalized spacial score (nSPS) is 10.5. The fourth-order valence-corrected chi connectivity index (χ4v) is 2.82. The van der Waals surface area contributed by atoms with Gasteiger partial charge in [0.05, 0.1) is 32.0 Å². The standard InChI is InChI=1S/C19H17ClN2O3/c1-24-15-10-8-13(9-11-15)18-16(12-17(23)25-2)19(20)22(21-18)14-6-4-3-5-7-14/h3-11H,12H2,1-2H3. The molecule has 1 aromatic heterocycles. The van der Waals surface area contributed by atoms with Crippen molar-refractivity contribution in [2.45, 2.75) is 6.42 Å². The molecule has 0 bridgehead atoms. The Bertz CT molecular complexity index is 874. The number of hydrogen-bond acceptors (Lipinski definition) is 4. The summed E-state index contributed by atoms with van der Waals surface area (Å²) in [5, 5.41) is 5.02. The number of methoxy groups -OCH3 is 2. The third kappa shape index (κ3) is 3.51. The molecular formula is C19H17ClN2O3. The lowest BCUT2D eigenvalue weighted by Gasteiger charge is -2.04. The van der Waals surface area contributed by atoms with Gasteiger partial charge in [-0.05, 0) is 36.4 Å². The highest BCUT2D eigenvalue weighted by Crippen LogP contribution is 2.32. The van der Waals surface area contributed by atoms with Crippen LogP contribution in [-0.2, 0) is 16.0 Å². The van der Waals surface area contributed by atoms with Gasteiger partial charge in [0.15, 0.2) is 0 Å². The van der Waals surface area contributed by atoms with Crippen molar-refractivity contribution in [1.82, 2.24) is 9.78 Å². The van der Waals surface area contributed by atoms with Crippen LogP contribution in [0.25, 0.3) is 16.9 Å². The topological polar surface area (TPSA) is 53.4 Å². The van der Waals surface area contributed by atoms with Gasteiger partial charge >= 0.3 is 5.97 Å². The Morgan fingerprint density at radius 1 is 1.08 bits per heavy atom. The van der Waals surface area contributed by atoms with Crippen LogP contribution in [-0.4, -0.2) is 30.0 Å². The first-order chi connectivity index (χ1) is 12.1. The number of nitrogens with zero attached hydrogens (tertiary/aromatic N) is 2. The van der Waals surface area contributed by atoms with E-state index in [1.54, 1.807) is 11.8 Å². The maximum absolute atomic E-state index is 11.8. The third-order valence-electron chi connectivity index (χ3n) is 3.83. The average molecular weight is 357 g/mol. The first-order valence-electron chi connectivity index (χ1n) is 7.68. The van der Waals surface area contributed by atoms with Crippen LogP contribution < -0.4 is 4.74 Å². The quantitative estimate of drug-likeness (QED) is 0.650. The molecule has 6 heteroatoms. The van der Waals surface area contributed by atoms with E-state index in [-0.39, 0.29) is 12.4 Å². The molecule has 1 heterocycles. The summed E-state index contributed by atoms with van der Waals surface area (Å²) in [6, 6.07) is 17.0. The highest BCUT2D eigenvalue weighted by molar-refractivity contribution is 6.31. The molecule has 0 unspecified atom stereocenters. The van der Waals surface area contributed by atoms with E-state index in [1.807, 2.05) is 54.6 Å². The van der Waals surface area contributed by atoms with Gasteiger partial charge in [-0.25, -0.2) is 4.68 Å². The van der Waals surface area contributed by atoms with Gasteiger partial charge in [-0.15, -0.1) is 0 Å². The predicted molar refractivity (Wildman–Crippen MR) is 96.3 cm³/mol. The minimum Gasteiger partial charge on any atom is -0.497 e. The van der Waals surface area contributed by atoms with Crippen LogP contribution in [0, 0.1) is 0 Å². The molecule has 0 fully saturated rings. The smallest absolute Gasteiger partial charge is 0.310 e. The van der Waals surface area contributed by atoms with Crippen molar-refractivity contribution >= 4 is 17.6 Å². The van der Waals surface area contributed by atoms with Gasteiger partial charge in [-0.3, -0.25) is 4.79 Å². The van der Waals surface area contributed by atoms with Crippen molar-refractivity contribution in [2.75, 3.05) is 14.2 Å². The van der Waals surface area contributed by atoms with E-state index in [2.05, 4.69) is 5.10 Å². The van der Waals surface area contributed by atoms with Gasteiger partial charge < -0.3 is 9.47 Å². The number of esters is 1. The second kappa shape index (κ2) is 7.40. The number of carbonyl (C=O) groups is 1. The molecule has 0 N–H and O–H groups in total. The van der Waals surface area contributed by atoms with Crippen LogP contribution >= 0.6 is 11.6 Å². The number of carbonyl (C=O) groups excluding carboxylic acids is 1. The molecule has 128 valence electrons. The van der Waals surface area contributed by atoms with E-state index < -0.39 is 0 Å². The fraction of sp³-hybridized carbons (Fsp3) is 0.158. The molecule has 2 aromatic carbocycles. The van der Waals surface area contributed by atoms with E-state index >= 15 is 0 Å². The van der Waals surface area contributed by atoms with Crippen molar-refractivity contribution in [3.8, 4) is 22.7 Å². The molecule has 0 amide bonds. The van der Waals surface area contributed by atoms with E-state index in [0.29, 0.717) is 16.4 Å². The lowest BCUT2D eigenvalue weighted by atomic mass is 10.1. The summed E-state index contributed by atoms with van der Waals surface area (Å²) in [4.78, 5) is 11.8. The number of aromatic nitrogens is 2. The van der Waals surface area contributed by atoms with Crippen LogP contribution in [0.3, 0.4) is 0 Å². The third-order valence-corrected chi connectivity index (χ3v) is 4.22.